The van der Waals surface area contributed by atoms with E-state index >= 15 is 0 Å². The van der Waals surface area contributed by atoms with Crippen molar-refractivity contribution in [2.75, 3.05) is 0 Å². The summed E-state index contributed by atoms with van der Waals surface area (Å²) in [5, 5.41) is 1.27. The molecule has 4 heteroatoms. The topological polar surface area (TPSA) is 26.0 Å². The predicted molar refractivity (Wildman–Crippen MR) is 60.5 cm³/mol. The third-order valence-electron chi connectivity index (χ3n) is 2.03. The van der Waals surface area contributed by atoms with E-state index in [2.05, 4.69) is 4.98 Å². The first-order valence-electron chi connectivity index (χ1n) is 4.50. The van der Waals surface area contributed by atoms with Gasteiger partial charge >= 0.3 is 0 Å². The molecule has 0 saturated heterocycles. The minimum Gasteiger partial charge on any atom is -0.446 e. The highest BCUT2D eigenvalue weighted by Crippen LogP contribution is 2.23. The highest BCUT2D eigenvalue weighted by Gasteiger charge is 2.06. The van der Waals surface area contributed by atoms with Crippen molar-refractivity contribution in [2.24, 2.45) is 0 Å². The Morgan fingerprint density at radius 3 is 2.73 bits per heavy atom. The van der Waals surface area contributed by atoms with Crippen LogP contribution in [0.5, 0.6) is 0 Å². The van der Waals surface area contributed by atoms with Gasteiger partial charge in [0.15, 0.2) is 5.89 Å². The first-order chi connectivity index (χ1) is 7.15. The number of nitrogens with zero attached hydrogens (tertiary/aromatic N) is 1. The van der Waals surface area contributed by atoms with Gasteiger partial charge in [0.25, 0.3) is 0 Å². The second-order valence-corrected chi connectivity index (χ2v) is 4.12. The van der Waals surface area contributed by atoms with Gasteiger partial charge in [-0.2, -0.15) is 0 Å². The molecule has 0 radical (unpaired) electrons. The lowest BCUT2D eigenvalue weighted by Gasteiger charge is -2.01. The summed E-state index contributed by atoms with van der Waals surface area (Å²) >= 11 is 11.8. The SMILES string of the molecule is Cc1cnc(Cc2ccc(Cl)cc2Cl)o1. The number of aromatic nitrogens is 1. The van der Waals surface area contributed by atoms with E-state index in [0.717, 1.165) is 11.3 Å². The number of oxazole rings is 1. The normalized spacial score (nSPS) is 10.6. The Labute approximate surface area is 97.8 Å². The maximum atomic E-state index is 6.03. The van der Waals surface area contributed by atoms with E-state index in [1.54, 1.807) is 18.3 Å². The molecule has 1 heterocycles. The number of rotatable bonds is 2. The van der Waals surface area contributed by atoms with E-state index in [9.17, 15) is 0 Å². The lowest BCUT2D eigenvalue weighted by Crippen LogP contribution is -1.89. The molecule has 0 unspecified atom stereocenters. The molecular weight excluding hydrogens is 233 g/mol. The van der Waals surface area contributed by atoms with Crippen LogP contribution < -0.4 is 0 Å². The minimum atomic E-state index is 0.587. The van der Waals surface area contributed by atoms with E-state index in [1.807, 2.05) is 13.0 Å². The average Bonchev–Trinajstić information content (AvgIpc) is 2.56. The van der Waals surface area contributed by atoms with Crippen LogP contribution in [0.2, 0.25) is 10.0 Å². The summed E-state index contributed by atoms with van der Waals surface area (Å²) in [5.74, 6) is 1.46. The van der Waals surface area contributed by atoms with Crippen molar-refractivity contribution in [2.45, 2.75) is 13.3 Å². The van der Waals surface area contributed by atoms with Crippen LogP contribution in [0.25, 0.3) is 0 Å². The Hall–Kier alpha value is -0.990. The second kappa shape index (κ2) is 4.25. The van der Waals surface area contributed by atoms with Crippen molar-refractivity contribution >= 4 is 23.2 Å². The van der Waals surface area contributed by atoms with E-state index in [0.29, 0.717) is 22.4 Å². The largest absolute Gasteiger partial charge is 0.446 e. The molecule has 0 saturated carbocycles. The van der Waals surface area contributed by atoms with Crippen LogP contribution in [0.1, 0.15) is 17.2 Å². The summed E-state index contributed by atoms with van der Waals surface area (Å²) in [6.45, 7) is 1.86. The van der Waals surface area contributed by atoms with Crippen molar-refractivity contribution in [3.05, 3.63) is 51.7 Å². The van der Waals surface area contributed by atoms with Gasteiger partial charge in [0, 0.05) is 10.0 Å². The first-order valence-corrected chi connectivity index (χ1v) is 5.26. The second-order valence-electron chi connectivity index (χ2n) is 3.28. The van der Waals surface area contributed by atoms with Crippen molar-refractivity contribution in [1.29, 1.82) is 0 Å². The molecule has 0 aliphatic carbocycles. The van der Waals surface area contributed by atoms with Gasteiger partial charge in [0.2, 0.25) is 0 Å². The van der Waals surface area contributed by atoms with Crippen LogP contribution in [-0.4, -0.2) is 4.98 Å². The summed E-state index contributed by atoms with van der Waals surface area (Å²) in [7, 11) is 0. The highest BCUT2D eigenvalue weighted by molar-refractivity contribution is 6.35. The molecule has 0 bridgehead atoms. The van der Waals surface area contributed by atoms with Crippen molar-refractivity contribution in [3.63, 3.8) is 0 Å². The molecule has 0 amide bonds. The Bertz CT molecular complexity index is 479. The van der Waals surface area contributed by atoms with Gasteiger partial charge in [-0.05, 0) is 24.6 Å². The standard InChI is InChI=1S/C11H9Cl2NO/c1-7-6-14-11(15-7)4-8-2-3-9(12)5-10(8)13/h2-3,5-6H,4H2,1H3. The fourth-order valence-electron chi connectivity index (χ4n) is 1.31. The molecule has 15 heavy (non-hydrogen) atoms. The maximum absolute atomic E-state index is 6.03. The Morgan fingerprint density at radius 1 is 1.33 bits per heavy atom. The lowest BCUT2D eigenvalue weighted by molar-refractivity contribution is 0.481. The molecule has 2 nitrogen and oxygen atoms in total. The molecule has 2 aromatic rings. The fraction of sp³-hybridized carbons (Fsp3) is 0.182. The molecule has 0 N–H and O–H groups in total. The fourth-order valence-corrected chi connectivity index (χ4v) is 1.79. The summed E-state index contributed by atoms with van der Waals surface area (Å²) in [4.78, 5) is 4.12. The van der Waals surface area contributed by atoms with Crippen LogP contribution in [0.15, 0.2) is 28.8 Å². The lowest BCUT2D eigenvalue weighted by atomic mass is 10.1. The van der Waals surface area contributed by atoms with Crippen LogP contribution in [0.3, 0.4) is 0 Å². The van der Waals surface area contributed by atoms with E-state index in [1.165, 1.54) is 0 Å². The molecule has 1 aromatic carbocycles. The molecule has 0 atom stereocenters. The number of hydrogen-bond donors (Lipinski definition) is 0. The molecule has 78 valence electrons. The molecule has 0 aliphatic rings. The molecule has 2 rings (SSSR count). The molecule has 0 aliphatic heterocycles. The molecule has 0 spiro atoms. The van der Waals surface area contributed by atoms with Crippen LogP contribution in [0.4, 0.5) is 0 Å². The van der Waals surface area contributed by atoms with E-state index in [-0.39, 0.29) is 0 Å². The van der Waals surface area contributed by atoms with Gasteiger partial charge < -0.3 is 4.42 Å². The minimum absolute atomic E-state index is 0.587. The Kier molecular flexibility index (Phi) is 2.98. The zero-order chi connectivity index (χ0) is 10.8. The third-order valence-corrected chi connectivity index (χ3v) is 2.61. The van der Waals surface area contributed by atoms with Crippen LogP contribution in [0, 0.1) is 6.92 Å². The Morgan fingerprint density at radius 2 is 2.13 bits per heavy atom. The molecule has 0 fully saturated rings. The van der Waals surface area contributed by atoms with Gasteiger partial charge in [-0.15, -0.1) is 0 Å². The number of halogens is 2. The zero-order valence-corrected chi connectivity index (χ0v) is 9.64. The zero-order valence-electron chi connectivity index (χ0n) is 8.13. The summed E-state index contributed by atoms with van der Waals surface area (Å²) in [5.41, 5.74) is 0.961. The third kappa shape index (κ3) is 2.52. The smallest absolute Gasteiger partial charge is 0.198 e. The van der Waals surface area contributed by atoms with Crippen molar-refractivity contribution < 1.29 is 4.42 Å². The highest BCUT2D eigenvalue weighted by atomic mass is 35.5. The summed E-state index contributed by atoms with van der Waals surface area (Å²) in [6, 6.07) is 5.40. The number of hydrogen-bond acceptors (Lipinski definition) is 2. The summed E-state index contributed by atoms with van der Waals surface area (Å²) in [6.07, 6.45) is 2.28. The predicted octanol–water partition coefficient (Wildman–Crippen LogP) is 3.88. The number of benzene rings is 1. The average molecular weight is 242 g/mol. The monoisotopic (exact) mass is 241 g/mol. The van der Waals surface area contributed by atoms with E-state index in [4.69, 9.17) is 27.6 Å². The molecule has 1 aromatic heterocycles. The van der Waals surface area contributed by atoms with Crippen molar-refractivity contribution in [1.82, 2.24) is 4.98 Å². The van der Waals surface area contributed by atoms with Gasteiger partial charge in [0.1, 0.15) is 5.76 Å². The molecular formula is C11H9Cl2NO. The summed E-state index contributed by atoms with van der Waals surface area (Å²) < 4.78 is 5.37. The van der Waals surface area contributed by atoms with Gasteiger partial charge in [-0.1, -0.05) is 29.3 Å². The number of aryl methyl sites for hydroxylation is 1. The van der Waals surface area contributed by atoms with Gasteiger partial charge in [0.05, 0.1) is 12.6 Å². The first kappa shape index (κ1) is 10.5. The van der Waals surface area contributed by atoms with Crippen molar-refractivity contribution in [3.8, 4) is 0 Å². The maximum Gasteiger partial charge on any atom is 0.198 e. The van der Waals surface area contributed by atoms with Gasteiger partial charge in [-0.25, -0.2) is 4.98 Å². The quantitative estimate of drug-likeness (QED) is 0.798. The van der Waals surface area contributed by atoms with Gasteiger partial charge in [-0.3, -0.25) is 0 Å². The van der Waals surface area contributed by atoms with Crippen LogP contribution in [-0.2, 0) is 6.42 Å². The van der Waals surface area contributed by atoms with Crippen LogP contribution >= 0.6 is 23.2 Å². The Balaban J connectivity index is 2.24. The van der Waals surface area contributed by atoms with E-state index < -0.39 is 0 Å².